The molecule has 0 aromatic carbocycles. The Kier molecular flexibility index (Phi) is 10.3. The molecule has 1 aromatic heterocycles. The molecule has 1 rings (SSSR count). The van der Waals surface area contributed by atoms with Crippen molar-refractivity contribution in [2.45, 2.75) is 43.8 Å². The monoisotopic (exact) mass is 456 g/mol. The number of nitrogens with zero attached hydrogens (tertiary/aromatic N) is 1. The smallest absolute Gasteiger partial charge is 0.322 e. The van der Waals surface area contributed by atoms with Crippen molar-refractivity contribution in [3.05, 3.63) is 18.2 Å². The van der Waals surface area contributed by atoms with Gasteiger partial charge in [0.2, 0.25) is 17.7 Å². The molecule has 1 heterocycles. The Labute approximate surface area is 180 Å². The summed E-state index contributed by atoms with van der Waals surface area (Å²) >= 11 is 0. The van der Waals surface area contributed by atoms with Crippen LogP contribution in [0, 0.1) is 0 Å². The van der Waals surface area contributed by atoms with Crippen LogP contribution < -0.4 is 21.7 Å². The minimum absolute atomic E-state index is 0.139. The van der Waals surface area contributed by atoms with Crippen LogP contribution in [0.2, 0.25) is 0 Å². The quantitative estimate of drug-likeness (QED) is 0.138. The molecule has 15 nitrogen and oxygen atoms in total. The van der Waals surface area contributed by atoms with Gasteiger partial charge in [0.25, 0.3) is 0 Å². The van der Waals surface area contributed by atoms with Gasteiger partial charge in [-0.15, -0.1) is 0 Å². The molecule has 1 aromatic rings. The first kappa shape index (κ1) is 26.0. The average Bonchev–Trinajstić information content (AvgIpc) is 3.21. The SMILES string of the molecule is NC(CCC(=O)O)C(=O)NC(Cc1cnc[nH]1)C(=O)NC(CC(=O)O)C(=O)NCC(=O)O. The Morgan fingerprint density at radius 3 is 2.12 bits per heavy atom. The highest BCUT2D eigenvalue weighted by molar-refractivity contribution is 5.95. The molecule has 0 aliphatic carbocycles. The zero-order chi connectivity index (χ0) is 24.3. The second-order valence-corrected chi connectivity index (χ2v) is 6.65. The number of aromatic nitrogens is 2. The van der Waals surface area contributed by atoms with Gasteiger partial charge in [0.15, 0.2) is 0 Å². The lowest BCUT2D eigenvalue weighted by Gasteiger charge is -2.23. The van der Waals surface area contributed by atoms with E-state index in [0.29, 0.717) is 5.69 Å². The van der Waals surface area contributed by atoms with Crippen LogP contribution in [0.1, 0.15) is 25.0 Å². The molecule has 0 spiro atoms. The number of hydrogen-bond acceptors (Lipinski definition) is 8. The number of H-pyrrole nitrogens is 1. The lowest BCUT2D eigenvalue weighted by molar-refractivity contribution is -0.142. The van der Waals surface area contributed by atoms with Crippen LogP contribution in [0.25, 0.3) is 0 Å². The van der Waals surface area contributed by atoms with Gasteiger partial charge >= 0.3 is 17.9 Å². The first-order valence-electron chi connectivity index (χ1n) is 9.26. The predicted molar refractivity (Wildman–Crippen MR) is 104 cm³/mol. The summed E-state index contributed by atoms with van der Waals surface area (Å²) in [7, 11) is 0. The predicted octanol–water partition coefficient (Wildman–Crippen LogP) is -3.21. The van der Waals surface area contributed by atoms with E-state index < -0.39 is 66.7 Å². The van der Waals surface area contributed by atoms with Gasteiger partial charge in [-0.25, -0.2) is 4.98 Å². The number of carboxylic acids is 3. The summed E-state index contributed by atoms with van der Waals surface area (Å²) in [6, 6.07) is -4.19. The van der Waals surface area contributed by atoms with Gasteiger partial charge in [-0.1, -0.05) is 0 Å². The van der Waals surface area contributed by atoms with Crippen LogP contribution in [0.4, 0.5) is 0 Å². The molecule has 32 heavy (non-hydrogen) atoms. The molecule has 0 radical (unpaired) electrons. The maximum absolute atomic E-state index is 12.7. The molecular weight excluding hydrogens is 432 g/mol. The summed E-state index contributed by atoms with van der Waals surface area (Å²) in [5.41, 5.74) is 6.06. The number of carbonyl (C=O) groups excluding carboxylic acids is 3. The third kappa shape index (κ3) is 9.66. The zero-order valence-corrected chi connectivity index (χ0v) is 16.7. The molecule has 0 bridgehead atoms. The van der Waals surface area contributed by atoms with Crippen molar-refractivity contribution in [2.75, 3.05) is 6.54 Å². The van der Waals surface area contributed by atoms with Crippen molar-refractivity contribution in [3.8, 4) is 0 Å². The fourth-order valence-corrected chi connectivity index (χ4v) is 2.46. The average molecular weight is 456 g/mol. The number of amides is 3. The molecular formula is C17H24N6O9. The van der Waals surface area contributed by atoms with Crippen molar-refractivity contribution in [1.82, 2.24) is 25.9 Å². The minimum Gasteiger partial charge on any atom is -0.481 e. The van der Waals surface area contributed by atoms with Crippen LogP contribution >= 0.6 is 0 Å². The number of nitrogens with two attached hydrogens (primary N) is 1. The lowest BCUT2D eigenvalue weighted by Crippen LogP contribution is -2.57. The largest absolute Gasteiger partial charge is 0.481 e. The molecule has 0 fully saturated rings. The summed E-state index contributed by atoms with van der Waals surface area (Å²) in [5, 5.41) is 32.8. The second-order valence-electron chi connectivity index (χ2n) is 6.65. The van der Waals surface area contributed by atoms with Crippen LogP contribution in [0.3, 0.4) is 0 Å². The molecule has 3 amide bonds. The number of aromatic amines is 1. The highest BCUT2D eigenvalue weighted by atomic mass is 16.4. The molecule has 0 saturated carbocycles. The number of rotatable bonds is 14. The first-order chi connectivity index (χ1) is 15.0. The molecule has 3 atom stereocenters. The van der Waals surface area contributed by atoms with Gasteiger partial charge in [0.05, 0.1) is 18.8 Å². The maximum atomic E-state index is 12.7. The summed E-state index contributed by atoms with van der Waals surface area (Å²) < 4.78 is 0. The fourth-order valence-electron chi connectivity index (χ4n) is 2.46. The van der Waals surface area contributed by atoms with Crippen LogP contribution in [-0.4, -0.2) is 85.6 Å². The Morgan fingerprint density at radius 1 is 0.938 bits per heavy atom. The van der Waals surface area contributed by atoms with Crippen molar-refractivity contribution >= 4 is 35.6 Å². The van der Waals surface area contributed by atoms with E-state index in [1.54, 1.807) is 0 Å². The minimum atomic E-state index is -1.62. The van der Waals surface area contributed by atoms with E-state index >= 15 is 0 Å². The number of carbonyl (C=O) groups is 6. The topological polar surface area (TPSA) is 254 Å². The Balaban J connectivity index is 2.94. The van der Waals surface area contributed by atoms with E-state index in [-0.39, 0.29) is 19.3 Å². The Morgan fingerprint density at radius 2 is 1.59 bits per heavy atom. The normalized spacial score (nSPS) is 13.3. The molecule has 15 heteroatoms. The van der Waals surface area contributed by atoms with Crippen molar-refractivity contribution in [3.63, 3.8) is 0 Å². The zero-order valence-electron chi connectivity index (χ0n) is 16.7. The highest BCUT2D eigenvalue weighted by Gasteiger charge is 2.30. The van der Waals surface area contributed by atoms with Crippen LogP contribution in [0.5, 0.6) is 0 Å². The third-order valence-corrected chi connectivity index (χ3v) is 4.04. The van der Waals surface area contributed by atoms with E-state index in [1.165, 1.54) is 12.5 Å². The van der Waals surface area contributed by atoms with Gasteiger partial charge in [0.1, 0.15) is 18.6 Å². The Hall–Kier alpha value is -4.01. The number of imidazole rings is 1. The van der Waals surface area contributed by atoms with Crippen molar-refractivity contribution in [1.29, 1.82) is 0 Å². The molecule has 0 aliphatic rings. The Bertz CT molecular complexity index is 842. The first-order valence-corrected chi connectivity index (χ1v) is 9.26. The standard InChI is InChI=1S/C17H24N6O9/c18-9(1-2-12(24)25)15(30)22-10(3-8-5-19-7-21-8)17(32)23-11(4-13(26)27)16(31)20-6-14(28)29/h5,7,9-11H,1-4,6,18H2,(H,19,21)(H,20,31)(H,22,30)(H,23,32)(H,24,25)(H,26,27)(H,28,29). The lowest BCUT2D eigenvalue weighted by atomic mass is 10.1. The van der Waals surface area contributed by atoms with Gasteiger partial charge in [-0.3, -0.25) is 28.8 Å². The number of carboxylic acid groups (broad SMARTS) is 3. The summed E-state index contributed by atoms with van der Waals surface area (Å²) in [6.45, 7) is -0.794. The van der Waals surface area contributed by atoms with Crippen molar-refractivity contribution < 1.29 is 44.1 Å². The van der Waals surface area contributed by atoms with Crippen molar-refractivity contribution in [2.24, 2.45) is 5.73 Å². The number of aliphatic carboxylic acids is 3. The van der Waals surface area contributed by atoms with Crippen LogP contribution in [0.15, 0.2) is 12.5 Å². The molecule has 176 valence electrons. The summed E-state index contributed by atoms with van der Waals surface area (Å²) in [4.78, 5) is 76.0. The molecule has 0 saturated heterocycles. The molecule has 3 unspecified atom stereocenters. The van der Waals surface area contributed by atoms with Crippen LogP contribution in [-0.2, 0) is 35.2 Å². The van der Waals surface area contributed by atoms with E-state index in [1.807, 2.05) is 5.32 Å². The maximum Gasteiger partial charge on any atom is 0.322 e. The molecule has 9 N–H and O–H groups in total. The van der Waals surface area contributed by atoms with E-state index in [9.17, 15) is 28.8 Å². The summed E-state index contributed by atoms with van der Waals surface area (Å²) in [6.07, 6.45) is 1.12. The van der Waals surface area contributed by atoms with Gasteiger partial charge in [0, 0.05) is 24.7 Å². The highest BCUT2D eigenvalue weighted by Crippen LogP contribution is 2.03. The number of nitrogens with one attached hydrogen (secondary N) is 4. The summed E-state index contributed by atoms with van der Waals surface area (Å²) in [5.74, 6) is -6.81. The third-order valence-electron chi connectivity index (χ3n) is 4.04. The number of hydrogen-bond donors (Lipinski definition) is 8. The second kappa shape index (κ2) is 12.6. The van der Waals surface area contributed by atoms with E-state index in [0.717, 1.165) is 0 Å². The van der Waals surface area contributed by atoms with Gasteiger partial charge in [-0.2, -0.15) is 0 Å². The van der Waals surface area contributed by atoms with Gasteiger partial charge in [-0.05, 0) is 6.42 Å². The van der Waals surface area contributed by atoms with E-state index in [4.69, 9.17) is 21.1 Å². The molecule has 0 aliphatic heterocycles. The van der Waals surface area contributed by atoms with Gasteiger partial charge < -0.3 is 42.0 Å². The fraction of sp³-hybridized carbons (Fsp3) is 0.471. The van der Waals surface area contributed by atoms with E-state index in [2.05, 4.69) is 20.6 Å².